The van der Waals surface area contributed by atoms with Gasteiger partial charge in [-0.2, -0.15) is 4.98 Å². The van der Waals surface area contributed by atoms with Crippen LogP contribution in [0.3, 0.4) is 0 Å². The van der Waals surface area contributed by atoms with E-state index in [1.807, 2.05) is 18.3 Å². The standard InChI is InChI=1S/C40H40ClN11O8/c1-42-34(54)21-60-32-17-23-16-24(3-6-30(23)49(2)39(32)58)44-35-29(41)19-43-40(46-35)50-11-9-22(10-12-50)15-25-20-51(48-47-25)13-14-59-26-4-5-27-28(18-26)38(57)52(37(27)56)31-7-8-33(53)45-36(31)55/h3-6,16-20,22,31H,7-15,21H2,1-2H3,(H,42,54)(H,43,44,46)(H,45,53,55). The maximum atomic E-state index is 13.1. The van der Waals surface area contributed by atoms with Gasteiger partial charge >= 0.3 is 0 Å². The first-order valence-electron chi connectivity index (χ1n) is 19.3. The fourth-order valence-electron chi connectivity index (χ4n) is 7.56. The number of rotatable bonds is 13. The maximum Gasteiger partial charge on any atom is 0.293 e. The van der Waals surface area contributed by atoms with Crippen LogP contribution in [-0.2, 0) is 34.4 Å². The fraction of sp³-hybridized carbons (Fsp3) is 0.350. The summed E-state index contributed by atoms with van der Waals surface area (Å²) in [5.41, 5.74) is 2.20. The lowest BCUT2D eigenvalue weighted by atomic mass is 9.92. The largest absolute Gasteiger partial charge is 0.492 e. The normalized spacial score (nSPS) is 16.9. The van der Waals surface area contributed by atoms with E-state index < -0.39 is 29.7 Å². The number of likely N-dealkylation sites (N-methyl/N-ethyl adjacent to an activating group) is 1. The minimum atomic E-state index is -1.03. The molecule has 2 aromatic carbocycles. The van der Waals surface area contributed by atoms with Crippen molar-refractivity contribution in [3.8, 4) is 11.5 Å². The van der Waals surface area contributed by atoms with Crippen molar-refractivity contribution in [2.24, 2.45) is 13.0 Å². The van der Waals surface area contributed by atoms with Crippen LogP contribution in [0.1, 0.15) is 52.1 Å². The van der Waals surface area contributed by atoms with Gasteiger partial charge in [-0.05, 0) is 74.1 Å². The molecule has 1 unspecified atom stereocenters. The van der Waals surface area contributed by atoms with Gasteiger partial charge in [-0.15, -0.1) is 5.10 Å². The molecule has 19 nitrogen and oxygen atoms in total. The van der Waals surface area contributed by atoms with E-state index in [1.54, 1.807) is 36.1 Å². The number of piperidine rings is 2. The lowest BCUT2D eigenvalue weighted by Gasteiger charge is -2.31. The molecule has 1 atom stereocenters. The number of ether oxygens (including phenoxy) is 2. The highest BCUT2D eigenvalue weighted by molar-refractivity contribution is 6.33. The summed E-state index contributed by atoms with van der Waals surface area (Å²) in [7, 11) is 3.13. The number of carbonyl (C=O) groups is 5. The molecule has 2 saturated heterocycles. The Morgan fingerprint density at radius 1 is 0.983 bits per heavy atom. The van der Waals surface area contributed by atoms with Gasteiger partial charge in [-0.1, -0.05) is 16.8 Å². The summed E-state index contributed by atoms with van der Waals surface area (Å²) in [4.78, 5) is 86.8. The molecule has 20 heteroatoms. The summed E-state index contributed by atoms with van der Waals surface area (Å²) >= 11 is 6.53. The highest BCUT2D eigenvalue weighted by Crippen LogP contribution is 2.32. The summed E-state index contributed by atoms with van der Waals surface area (Å²) in [5.74, 6) is -0.808. The summed E-state index contributed by atoms with van der Waals surface area (Å²) in [6.07, 6.45) is 6.12. The zero-order valence-electron chi connectivity index (χ0n) is 32.6. The Labute approximate surface area is 347 Å². The molecule has 2 fully saturated rings. The first-order valence-corrected chi connectivity index (χ1v) is 19.7. The Balaban J connectivity index is 0.825. The number of halogens is 1. The zero-order chi connectivity index (χ0) is 42.1. The number of hydrogen-bond acceptors (Lipinski definition) is 14. The molecule has 3 aliphatic heterocycles. The third-order valence-corrected chi connectivity index (χ3v) is 11.1. The lowest BCUT2D eigenvalue weighted by molar-refractivity contribution is -0.136. The van der Waals surface area contributed by atoms with Gasteiger partial charge in [0.15, 0.2) is 18.2 Å². The van der Waals surface area contributed by atoms with E-state index in [4.69, 9.17) is 26.1 Å². The quantitative estimate of drug-likeness (QED) is 0.145. The minimum Gasteiger partial charge on any atom is -0.492 e. The summed E-state index contributed by atoms with van der Waals surface area (Å²) < 4.78 is 14.5. The van der Waals surface area contributed by atoms with Gasteiger partial charge in [0, 0.05) is 50.9 Å². The van der Waals surface area contributed by atoms with Crippen molar-refractivity contribution in [2.45, 2.75) is 44.7 Å². The number of imide groups is 2. The van der Waals surface area contributed by atoms with Crippen molar-refractivity contribution in [2.75, 3.05) is 43.6 Å². The molecule has 8 rings (SSSR count). The Hall–Kier alpha value is -6.89. The first-order chi connectivity index (χ1) is 28.9. The fourth-order valence-corrected chi connectivity index (χ4v) is 7.69. The maximum absolute atomic E-state index is 13.1. The van der Waals surface area contributed by atoms with Crippen molar-refractivity contribution in [1.29, 1.82) is 0 Å². The van der Waals surface area contributed by atoms with E-state index >= 15 is 0 Å². The van der Waals surface area contributed by atoms with Crippen LogP contribution in [-0.4, -0.2) is 103 Å². The number of nitrogens with one attached hydrogen (secondary N) is 3. The number of fused-ring (bicyclic) bond motifs is 2. The number of aromatic nitrogens is 6. The topological polar surface area (TPSA) is 225 Å². The number of carbonyl (C=O) groups excluding carboxylic acids is 5. The molecular formula is C40H40ClN11O8. The molecular weight excluding hydrogens is 798 g/mol. The molecule has 0 radical (unpaired) electrons. The molecule has 60 heavy (non-hydrogen) atoms. The number of nitrogens with zero attached hydrogens (tertiary/aromatic N) is 8. The Bertz CT molecular complexity index is 2600. The van der Waals surface area contributed by atoms with Crippen molar-refractivity contribution in [3.05, 3.63) is 87.1 Å². The van der Waals surface area contributed by atoms with Gasteiger partial charge in [-0.3, -0.25) is 39.0 Å². The molecule has 0 spiro atoms. The van der Waals surface area contributed by atoms with Crippen molar-refractivity contribution in [3.63, 3.8) is 0 Å². The van der Waals surface area contributed by atoms with Crippen LogP contribution in [0, 0.1) is 5.92 Å². The van der Waals surface area contributed by atoms with Gasteiger partial charge in [0.05, 0.1) is 35.1 Å². The molecule has 3 aromatic heterocycles. The zero-order valence-corrected chi connectivity index (χ0v) is 33.4. The Morgan fingerprint density at radius 2 is 1.78 bits per heavy atom. The molecule has 0 saturated carbocycles. The van der Waals surface area contributed by atoms with Crippen molar-refractivity contribution >= 4 is 69.5 Å². The molecule has 5 aromatic rings. The smallest absolute Gasteiger partial charge is 0.293 e. The van der Waals surface area contributed by atoms with E-state index in [0.29, 0.717) is 51.6 Å². The average molecular weight is 838 g/mol. The number of hydrogen-bond donors (Lipinski definition) is 3. The average Bonchev–Trinajstić information content (AvgIpc) is 3.79. The predicted molar refractivity (Wildman–Crippen MR) is 216 cm³/mol. The second kappa shape index (κ2) is 16.8. The molecule has 3 N–H and O–H groups in total. The van der Waals surface area contributed by atoms with Crippen LogP contribution in [0.5, 0.6) is 11.5 Å². The highest BCUT2D eigenvalue weighted by Gasteiger charge is 2.44. The Kier molecular flexibility index (Phi) is 11.2. The number of benzene rings is 2. The Morgan fingerprint density at radius 3 is 2.57 bits per heavy atom. The highest BCUT2D eigenvalue weighted by atomic mass is 35.5. The molecule has 5 amide bonds. The number of pyridine rings is 1. The van der Waals surface area contributed by atoms with Crippen LogP contribution in [0.15, 0.2) is 59.7 Å². The van der Waals surface area contributed by atoms with Gasteiger partial charge in [0.25, 0.3) is 23.3 Å². The van der Waals surface area contributed by atoms with Gasteiger partial charge in [-0.25, -0.2) is 9.67 Å². The number of aryl methyl sites for hydroxylation is 1. The number of amides is 5. The molecule has 0 aliphatic carbocycles. The summed E-state index contributed by atoms with van der Waals surface area (Å²) in [5, 5.41) is 17.6. The van der Waals surface area contributed by atoms with Crippen LogP contribution in [0.25, 0.3) is 10.9 Å². The van der Waals surface area contributed by atoms with E-state index in [2.05, 4.69) is 36.1 Å². The lowest BCUT2D eigenvalue weighted by Crippen LogP contribution is -2.54. The van der Waals surface area contributed by atoms with Gasteiger partial charge < -0.3 is 29.6 Å². The van der Waals surface area contributed by atoms with E-state index in [1.165, 1.54) is 23.7 Å². The molecule has 6 heterocycles. The van der Waals surface area contributed by atoms with Crippen molar-refractivity contribution < 1.29 is 33.4 Å². The summed E-state index contributed by atoms with van der Waals surface area (Å²) in [6.45, 7) is 1.82. The van der Waals surface area contributed by atoms with Crippen LogP contribution >= 0.6 is 11.6 Å². The van der Waals surface area contributed by atoms with Gasteiger partial charge in [0.1, 0.15) is 23.4 Å². The van der Waals surface area contributed by atoms with Crippen LogP contribution < -0.4 is 35.9 Å². The third kappa shape index (κ3) is 8.20. The van der Waals surface area contributed by atoms with Crippen LogP contribution in [0.4, 0.5) is 17.5 Å². The second-order valence-electron chi connectivity index (χ2n) is 14.7. The number of anilines is 3. The van der Waals surface area contributed by atoms with E-state index in [-0.39, 0.29) is 54.4 Å². The molecule has 310 valence electrons. The predicted octanol–water partition coefficient (Wildman–Crippen LogP) is 2.38. The van der Waals surface area contributed by atoms with Gasteiger partial charge in [0.2, 0.25) is 17.8 Å². The minimum absolute atomic E-state index is 0.0485. The first kappa shape index (κ1) is 39.9. The van der Waals surface area contributed by atoms with E-state index in [9.17, 15) is 28.8 Å². The van der Waals surface area contributed by atoms with E-state index in [0.717, 1.165) is 42.9 Å². The molecule has 0 bridgehead atoms. The SMILES string of the molecule is CNC(=O)COc1cc2cc(Nc3nc(N4CCC(Cc5cn(CCOc6ccc7c(c6)C(=O)N(C6CCC(=O)NC6=O)C7=O)nn5)CC4)ncc3Cl)ccc2n(C)c1=O. The van der Waals surface area contributed by atoms with Crippen LogP contribution in [0.2, 0.25) is 5.02 Å². The molecule has 3 aliphatic rings. The second-order valence-corrected chi connectivity index (χ2v) is 15.1. The van der Waals surface area contributed by atoms with Crippen molar-refractivity contribution in [1.82, 2.24) is 45.1 Å². The third-order valence-electron chi connectivity index (χ3n) is 10.8. The monoisotopic (exact) mass is 837 g/mol. The summed E-state index contributed by atoms with van der Waals surface area (Å²) in [6, 6.07) is 10.6.